The van der Waals surface area contributed by atoms with Crippen LogP contribution >= 0.6 is 0 Å². The van der Waals surface area contributed by atoms with Crippen molar-refractivity contribution >= 4 is 11.9 Å². The van der Waals surface area contributed by atoms with Crippen LogP contribution in [0.5, 0.6) is 0 Å². The van der Waals surface area contributed by atoms with Gasteiger partial charge in [-0.05, 0) is 67.6 Å². The first kappa shape index (κ1) is 30.9. The molecule has 1 N–H and O–H groups in total. The van der Waals surface area contributed by atoms with Crippen LogP contribution < -0.4 is 0 Å². The molecule has 0 amide bonds. The van der Waals surface area contributed by atoms with Crippen LogP contribution in [0.1, 0.15) is 132 Å². The van der Waals surface area contributed by atoms with Crippen molar-refractivity contribution in [3.8, 4) is 0 Å². The molecular formula is C28H54O4. The van der Waals surface area contributed by atoms with Gasteiger partial charge in [-0.25, -0.2) is 0 Å². The van der Waals surface area contributed by atoms with Gasteiger partial charge in [0.15, 0.2) is 0 Å². The number of ether oxygens (including phenoxy) is 1. The Kier molecular flexibility index (Phi) is 15.2. The molecule has 32 heavy (non-hydrogen) atoms. The molecule has 0 heterocycles. The number of hydrogen-bond acceptors (Lipinski definition) is 3. The smallest absolute Gasteiger partial charge is 0.308 e. The third kappa shape index (κ3) is 19.6. The van der Waals surface area contributed by atoms with Gasteiger partial charge in [0.25, 0.3) is 0 Å². The van der Waals surface area contributed by atoms with Gasteiger partial charge in [0.05, 0.1) is 12.5 Å². The van der Waals surface area contributed by atoms with E-state index in [4.69, 9.17) is 9.84 Å². The molecule has 4 heteroatoms. The lowest BCUT2D eigenvalue weighted by Crippen LogP contribution is -2.21. The molecule has 0 bridgehead atoms. The number of carboxylic acid groups (broad SMARTS) is 1. The molecule has 190 valence electrons. The molecular weight excluding hydrogens is 400 g/mol. The highest BCUT2D eigenvalue weighted by atomic mass is 16.5. The Bertz CT molecular complexity index is 513. The van der Waals surface area contributed by atoms with Crippen molar-refractivity contribution in [1.82, 2.24) is 0 Å². The zero-order chi connectivity index (χ0) is 24.8. The first-order chi connectivity index (χ1) is 14.7. The molecule has 3 atom stereocenters. The number of aliphatic carboxylic acids is 1. The molecule has 0 aliphatic rings. The minimum absolute atomic E-state index is 0.00522. The van der Waals surface area contributed by atoms with Crippen LogP contribution in [0.4, 0.5) is 0 Å². The van der Waals surface area contributed by atoms with Crippen LogP contribution in [0, 0.1) is 28.6 Å². The van der Waals surface area contributed by atoms with Gasteiger partial charge in [-0.1, -0.05) is 81.1 Å². The first-order valence-corrected chi connectivity index (χ1v) is 13.1. The zero-order valence-electron chi connectivity index (χ0n) is 22.6. The fourth-order valence-corrected chi connectivity index (χ4v) is 4.84. The fraction of sp³-hybridized carbons (Fsp3) is 0.929. The average Bonchev–Trinajstić information content (AvgIpc) is 2.59. The van der Waals surface area contributed by atoms with E-state index in [-0.39, 0.29) is 18.3 Å². The predicted molar refractivity (Wildman–Crippen MR) is 135 cm³/mol. The van der Waals surface area contributed by atoms with Gasteiger partial charge in [0.2, 0.25) is 0 Å². The van der Waals surface area contributed by atoms with Crippen LogP contribution in [0.15, 0.2) is 0 Å². The van der Waals surface area contributed by atoms with Crippen molar-refractivity contribution in [2.24, 2.45) is 28.6 Å². The van der Waals surface area contributed by atoms with Crippen LogP contribution in [0.2, 0.25) is 0 Å². The molecule has 0 saturated carbocycles. The molecule has 0 aromatic carbocycles. The Morgan fingerprint density at radius 3 is 1.75 bits per heavy atom. The second-order valence-corrected chi connectivity index (χ2v) is 12.7. The summed E-state index contributed by atoms with van der Waals surface area (Å²) in [4.78, 5) is 23.5. The second kappa shape index (κ2) is 15.7. The molecule has 0 radical (unpaired) electrons. The highest BCUT2D eigenvalue weighted by Gasteiger charge is 2.23. The minimum Gasteiger partial charge on any atom is -0.481 e. The van der Waals surface area contributed by atoms with Gasteiger partial charge in [-0.15, -0.1) is 0 Å². The van der Waals surface area contributed by atoms with Crippen molar-refractivity contribution in [2.75, 3.05) is 6.61 Å². The Balaban J connectivity index is 4.52. The van der Waals surface area contributed by atoms with E-state index in [2.05, 4.69) is 55.4 Å². The van der Waals surface area contributed by atoms with Gasteiger partial charge < -0.3 is 9.84 Å². The molecule has 0 aromatic rings. The van der Waals surface area contributed by atoms with Crippen LogP contribution in [-0.4, -0.2) is 23.7 Å². The average molecular weight is 455 g/mol. The molecule has 3 unspecified atom stereocenters. The van der Waals surface area contributed by atoms with Crippen molar-refractivity contribution in [2.45, 2.75) is 132 Å². The van der Waals surface area contributed by atoms with Crippen molar-refractivity contribution in [1.29, 1.82) is 0 Å². The lowest BCUT2D eigenvalue weighted by molar-refractivity contribution is -0.149. The van der Waals surface area contributed by atoms with Gasteiger partial charge in [-0.3, -0.25) is 9.59 Å². The highest BCUT2D eigenvalue weighted by molar-refractivity contribution is 5.72. The minimum atomic E-state index is -0.714. The maximum atomic E-state index is 12.9. The predicted octanol–water partition coefficient (Wildman–Crippen LogP) is 8.28. The Morgan fingerprint density at radius 1 is 0.719 bits per heavy atom. The molecule has 0 spiro atoms. The second-order valence-electron chi connectivity index (χ2n) is 12.7. The summed E-state index contributed by atoms with van der Waals surface area (Å²) < 4.78 is 5.74. The summed E-state index contributed by atoms with van der Waals surface area (Å²) in [5, 5.41) is 8.73. The van der Waals surface area contributed by atoms with E-state index in [0.717, 1.165) is 64.2 Å². The molecule has 0 aliphatic carbocycles. The van der Waals surface area contributed by atoms with E-state index < -0.39 is 5.97 Å². The number of hydrogen-bond donors (Lipinski definition) is 1. The highest BCUT2D eigenvalue weighted by Crippen LogP contribution is 2.30. The van der Waals surface area contributed by atoms with Gasteiger partial charge >= 0.3 is 11.9 Å². The van der Waals surface area contributed by atoms with E-state index in [1.807, 2.05) is 0 Å². The summed E-state index contributed by atoms with van der Waals surface area (Å²) in [7, 11) is 0. The molecule has 0 aliphatic heterocycles. The molecule has 4 nitrogen and oxygen atoms in total. The van der Waals surface area contributed by atoms with Gasteiger partial charge in [0, 0.05) is 6.42 Å². The molecule has 0 saturated heterocycles. The number of rotatable bonds is 17. The largest absolute Gasteiger partial charge is 0.481 e. The first-order valence-electron chi connectivity index (χ1n) is 13.1. The maximum absolute atomic E-state index is 12.9. The number of carboxylic acids is 1. The normalized spacial score (nSPS) is 15.2. The van der Waals surface area contributed by atoms with E-state index in [0.29, 0.717) is 29.3 Å². The summed E-state index contributed by atoms with van der Waals surface area (Å²) >= 11 is 0. The summed E-state index contributed by atoms with van der Waals surface area (Å²) in [6, 6.07) is 0. The number of carbonyl (C=O) groups excluding carboxylic acids is 1. The summed E-state index contributed by atoms with van der Waals surface area (Å²) in [5.41, 5.74) is 0.619. The monoisotopic (exact) mass is 454 g/mol. The Morgan fingerprint density at radius 2 is 1.22 bits per heavy atom. The van der Waals surface area contributed by atoms with Gasteiger partial charge in [0.1, 0.15) is 0 Å². The number of carbonyl (C=O) groups is 2. The standard InChI is InChI=1S/C28H54O4/c1-22(20-27(3,4)5)16-17-24(14-12-10-9-11-13-15-25(29)30)26(31)32-19-18-23(2)21-28(6,7)8/h22-24H,9-21H2,1-8H3,(H,29,30). The number of esters is 1. The van der Waals surface area contributed by atoms with Crippen molar-refractivity contribution < 1.29 is 19.4 Å². The van der Waals surface area contributed by atoms with Crippen molar-refractivity contribution in [3.63, 3.8) is 0 Å². The molecule has 0 rings (SSSR count). The third-order valence-electron chi connectivity index (χ3n) is 6.06. The van der Waals surface area contributed by atoms with E-state index >= 15 is 0 Å². The number of unbranched alkanes of at least 4 members (excludes halogenated alkanes) is 4. The van der Waals surface area contributed by atoms with E-state index in [9.17, 15) is 9.59 Å². The summed E-state index contributed by atoms with van der Waals surface area (Å²) in [6.45, 7) is 18.7. The Labute approximate surface area is 199 Å². The lowest BCUT2D eigenvalue weighted by atomic mass is 9.82. The fourth-order valence-electron chi connectivity index (χ4n) is 4.84. The van der Waals surface area contributed by atoms with Gasteiger partial charge in [-0.2, -0.15) is 0 Å². The molecule has 0 aromatic heterocycles. The maximum Gasteiger partial charge on any atom is 0.308 e. The van der Waals surface area contributed by atoms with E-state index in [1.54, 1.807) is 0 Å². The Hall–Kier alpha value is -1.06. The van der Waals surface area contributed by atoms with Crippen LogP contribution in [0.3, 0.4) is 0 Å². The molecule has 0 fully saturated rings. The lowest BCUT2D eigenvalue weighted by Gasteiger charge is -2.25. The third-order valence-corrected chi connectivity index (χ3v) is 6.06. The summed E-state index contributed by atoms with van der Waals surface area (Å²) in [5.74, 6) is 0.428. The van der Waals surface area contributed by atoms with Crippen LogP contribution in [-0.2, 0) is 14.3 Å². The SMILES string of the molecule is CC(CCOC(=O)C(CCCCCCCC(=O)O)CCC(C)CC(C)(C)C)CC(C)(C)C. The van der Waals surface area contributed by atoms with Crippen molar-refractivity contribution in [3.05, 3.63) is 0 Å². The quantitative estimate of drug-likeness (QED) is 0.177. The summed E-state index contributed by atoms with van der Waals surface area (Å²) in [6.07, 6.45) is 11.2. The van der Waals surface area contributed by atoms with Crippen LogP contribution in [0.25, 0.3) is 0 Å². The topological polar surface area (TPSA) is 63.6 Å². The van der Waals surface area contributed by atoms with E-state index in [1.165, 1.54) is 6.42 Å². The zero-order valence-corrected chi connectivity index (χ0v) is 22.6.